The molecule has 0 radical (unpaired) electrons. The summed E-state index contributed by atoms with van der Waals surface area (Å²) in [6.07, 6.45) is 2.78. The van der Waals surface area contributed by atoms with Crippen LogP contribution in [0, 0.1) is 5.92 Å². The lowest BCUT2D eigenvalue weighted by atomic mass is 10.1. The normalized spacial score (nSPS) is 18.0. The Labute approximate surface area is 128 Å². The largest absolute Gasteiger partial charge is 0.469 e. The van der Waals surface area contributed by atoms with Crippen molar-refractivity contribution >= 4 is 22.8 Å². The number of hydrogen-bond acceptors (Lipinski definition) is 4. The quantitative estimate of drug-likeness (QED) is 0.808. The molecule has 1 aromatic carbocycles. The number of carbonyl (C=O) groups is 2. The minimum Gasteiger partial charge on any atom is -0.469 e. The molecule has 5 nitrogen and oxygen atoms in total. The summed E-state index contributed by atoms with van der Waals surface area (Å²) in [5, 5.41) is 1.11. The molecular weight excluding hydrogens is 280 g/mol. The SMILES string of the molecule is COC(=O)C1CC(=O)N(CCc2cccc3ncccc23)C1. The van der Waals surface area contributed by atoms with Crippen LogP contribution in [0.4, 0.5) is 0 Å². The molecule has 1 aliphatic rings. The van der Waals surface area contributed by atoms with Gasteiger partial charge in [0.1, 0.15) is 0 Å². The number of rotatable bonds is 4. The second kappa shape index (κ2) is 6.13. The monoisotopic (exact) mass is 298 g/mol. The van der Waals surface area contributed by atoms with E-state index in [0.717, 1.165) is 17.3 Å². The molecule has 1 aromatic heterocycles. The molecule has 1 amide bonds. The Bertz CT molecular complexity index is 709. The minimum absolute atomic E-state index is 0.0220. The molecule has 0 spiro atoms. The van der Waals surface area contributed by atoms with Crippen molar-refractivity contribution in [2.45, 2.75) is 12.8 Å². The van der Waals surface area contributed by atoms with Crippen molar-refractivity contribution in [1.82, 2.24) is 9.88 Å². The molecule has 0 N–H and O–H groups in total. The molecule has 1 unspecified atom stereocenters. The Morgan fingerprint density at radius 3 is 3.05 bits per heavy atom. The molecule has 0 aliphatic carbocycles. The minimum atomic E-state index is -0.327. The average Bonchev–Trinajstić information content (AvgIpc) is 2.93. The Hall–Kier alpha value is -2.43. The molecule has 1 atom stereocenters. The van der Waals surface area contributed by atoms with Gasteiger partial charge in [-0.25, -0.2) is 0 Å². The van der Waals surface area contributed by atoms with Gasteiger partial charge in [-0.2, -0.15) is 0 Å². The lowest BCUT2D eigenvalue weighted by Gasteiger charge is -2.16. The van der Waals surface area contributed by atoms with Gasteiger partial charge in [-0.1, -0.05) is 18.2 Å². The fourth-order valence-corrected chi connectivity index (χ4v) is 2.95. The number of amides is 1. The van der Waals surface area contributed by atoms with Crippen molar-refractivity contribution in [2.24, 2.45) is 5.92 Å². The van der Waals surface area contributed by atoms with E-state index in [0.29, 0.717) is 13.1 Å². The molecule has 1 aliphatic heterocycles. The summed E-state index contributed by atoms with van der Waals surface area (Å²) >= 11 is 0. The predicted octanol–water partition coefficient (Wildman–Crippen LogP) is 1.80. The molecule has 3 rings (SSSR count). The zero-order valence-corrected chi connectivity index (χ0v) is 12.5. The van der Waals surface area contributed by atoms with Crippen LogP contribution in [-0.4, -0.2) is 42.0 Å². The third-order valence-corrected chi connectivity index (χ3v) is 4.14. The number of nitrogens with zero attached hydrogens (tertiary/aromatic N) is 2. The van der Waals surface area contributed by atoms with E-state index in [-0.39, 0.29) is 24.2 Å². The number of esters is 1. The van der Waals surface area contributed by atoms with Crippen LogP contribution in [0.15, 0.2) is 36.5 Å². The van der Waals surface area contributed by atoms with Crippen molar-refractivity contribution in [3.8, 4) is 0 Å². The van der Waals surface area contributed by atoms with Gasteiger partial charge in [-0.15, -0.1) is 0 Å². The highest BCUT2D eigenvalue weighted by molar-refractivity contribution is 5.87. The maximum atomic E-state index is 12.0. The Morgan fingerprint density at radius 2 is 2.23 bits per heavy atom. The highest BCUT2D eigenvalue weighted by Crippen LogP contribution is 2.21. The summed E-state index contributed by atoms with van der Waals surface area (Å²) in [5.74, 6) is -0.606. The van der Waals surface area contributed by atoms with Crippen LogP contribution in [0.25, 0.3) is 10.9 Å². The van der Waals surface area contributed by atoms with E-state index in [4.69, 9.17) is 4.74 Å². The van der Waals surface area contributed by atoms with E-state index >= 15 is 0 Å². The lowest BCUT2D eigenvalue weighted by Crippen LogP contribution is -2.28. The number of benzene rings is 1. The smallest absolute Gasteiger partial charge is 0.310 e. The van der Waals surface area contributed by atoms with Gasteiger partial charge in [0, 0.05) is 31.1 Å². The maximum absolute atomic E-state index is 12.0. The van der Waals surface area contributed by atoms with Crippen LogP contribution in [0.2, 0.25) is 0 Å². The van der Waals surface area contributed by atoms with E-state index < -0.39 is 0 Å². The van der Waals surface area contributed by atoms with Crippen molar-refractivity contribution in [2.75, 3.05) is 20.2 Å². The van der Waals surface area contributed by atoms with E-state index in [1.165, 1.54) is 12.7 Å². The van der Waals surface area contributed by atoms with Gasteiger partial charge in [-0.05, 0) is 24.1 Å². The van der Waals surface area contributed by atoms with Gasteiger partial charge >= 0.3 is 5.97 Å². The summed E-state index contributed by atoms with van der Waals surface area (Å²) in [6.45, 7) is 1.06. The highest BCUT2D eigenvalue weighted by Gasteiger charge is 2.34. The summed E-state index contributed by atoms with van der Waals surface area (Å²) in [4.78, 5) is 29.6. The van der Waals surface area contributed by atoms with Crippen LogP contribution in [-0.2, 0) is 20.7 Å². The van der Waals surface area contributed by atoms with Crippen LogP contribution in [0.1, 0.15) is 12.0 Å². The first-order valence-electron chi connectivity index (χ1n) is 7.37. The lowest BCUT2D eigenvalue weighted by molar-refractivity contribution is -0.145. The van der Waals surface area contributed by atoms with Gasteiger partial charge in [0.25, 0.3) is 0 Å². The molecule has 0 bridgehead atoms. The third-order valence-electron chi connectivity index (χ3n) is 4.14. The fourth-order valence-electron chi connectivity index (χ4n) is 2.95. The Morgan fingerprint density at radius 1 is 1.36 bits per heavy atom. The van der Waals surface area contributed by atoms with Gasteiger partial charge in [-0.3, -0.25) is 14.6 Å². The third kappa shape index (κ3) is 2.79. The summed E-state index contributed by atoms with van der Waals surface area (Å²) in [5.41, 5.74) is 2.13. The first-order valence-corrected chi connectivity index (χ1v) is 7.37. The molecule has 0 saturated carbocycles. The molecule has 5 heteroatoms. The van der Waals surface area contributed by atoms with Crippen molar-refractivity contribution in [1.29, 1.82) is 0 Å². The Balaban J connectivity index is 1.70. The Kier molecular flexibility index (Phi) is 4.04. The molecule has 22 heavy (non-hydrogen) atoms. The molecule has 2 aromatic rings. The van der Waals surface area contributed by atoms with Gasteiger partial charge in [0.15, 0.2) is 0 Å². The van der Waals surface area contributed by atoms with Crippen molar-refractivity contribution in [3.05, 3.63) is 42.1 Å². The van der Waals surface area contributed by atoms with Crippen LogP contribution >= 0.6 is 0 Å². The standard InChI is InChI=1S/C17H18N2O3/c1-22-17(21)13-10-16(20)19(11-13)9-7-12-4-2-6-15-14(12)5-3-8-18-15/h2-6,8,13H,7,9-11H2,1H3. The second-order valence-electron chi connectivity index (χ2n) is 5.50. The summed E-state index contributed by atoms with van der Waals surface area (Å²) in [6, 6.07) is 9.98. The number of methoxy groups -OCH3 is 1. The molecule has 2 heterocycles. The number of pyridine rings is 1. The number of fused-ring (bicyclic) bond motifs is 1. The van der Waals surface area contributed by atoms with Gasteiger partial charge in [0.2, 0.25) is 5.91 Å². The van der Waals surface area contributed by atoms with Gasteiger partial charge < -0.3 is 9.64 Å². The zero-order chi connectivity index (χ0) is 15.5. The van der Waals surface area contributed by atoms with E-state index in [2.05, 4.69) is 11.1 Å². The molecule has 1 saturated heterocycles. The van der Waals surface area contributed by atoms with Crippen molar-refractivity contribution < 1.29 is 14.3 Å². The van der Waals surface area contributed by atoms with E-state index in [1.807, 2.05) is 24.3 Å². The number of ether oxygens (including phenoxy) is 1. The molecule has 1 fully saturated rings. The van der Waals surface area contributed by atoms with E-state index in [9.17, 15) is 9.59 Å². The van der Waals surface area contributed by atoms with Crippen LogP contribution in [0.5, 0.6) is 0 Å². The first kappa shape index (κ1) is 14.5. The maximum Gasteiger partial charge on any atom is 0.310 e. The summed E-state index contributed by atoms with van der Waals surface area (Å²) < 4.78 is 4.73. The highest BCUT2D eigenvalue weighted by atomic mass is 16.5. The predicted molar refractivity (Wildman–Crippen MR) is 82.2 cm³/mol. The number of likely N-dealkylation sites (tertiary alicyclic amines) is 1. The topological polar surface area (TPSA) is 59.5 Å². The molecular formula is C17H18N2O3. The number of hydrogen-bond donors (Lipinski definition) is 0. The van der Waals surface area contributed by atoms with E-state index in [1.54, 1.807) is 11.1 Å². The molecule has 114 valence electrons. The number of carbonyl (C=O) groups excluding carboxylic acids is 2. The zero-order valence-electron chi connectivity index (χ0n) is 12.5. The second-order valence-corrected chi connectivity index (χ2v) is 5.50. The fraction of sp³-hybridized carbons (Fsp3) is 0.353. The number of aromatic nitrogens is 1. The first-order chi connectivity index (χ1) is 10.7. The van der Waals surface area contributed by atoms with Crippen molar-refractivity contribution in [3.63, 3.8) is 0 Å². The van der Waals surface area contributed by atoms with Crippen LogP contribution < -0.4 is 0 Å². The average molecular weight is 298 g/mol. The van der Waals surface area contributed by atoms with Crippen LogP contribution in [0.3, 0.4) is 0 Å². The van der Waals surface area contributed by atoms with Gasteiger partial charge in [0.05, 0.1) is 18.5 Å². The summed E-state index contributed by atoms with van der Waals surface area (Å²) in [7, 11) is 1.36.